The van der Waals surface area contributed by atoms with Crippen LogP contribution in [0.15, 0.2) is 42.5 Å². The molecule has 2 aromatic rings. The van der Waals surface area contributed by atoms with Crippen LogP contribution in [0.2, 0.25) is 0 Å². The van der Waals surface area contributed by atoms with Crippen molar-refractivity contribution in [2.75, 3.05) is 23.8 Å². The van der Waals surface area contributed by atoms with Crippen LogP contribution in [0.3, 0.4) is 0 Å². The maximum absolute atomic E-state index is 12.7. The van der Waals surface area contributed by atoms with Crippen LogP contribution in [0, 0.1) is 5.92 Å². The van der Waals surface area contributed by atoms with E-state index in [-0.39, 0.29) is 11.8 Å². The number of hydrogen-bond acceptors (Lipinski definition) is 4. The molecular formula is C22H28N2O4. The maximum atomic E-state index is 12.7. The Balaban J connectivity index is 2.14. The lowest BCUT2D eigenvalue weighted by molar-refractivity contribution is -0.114. The van der Waals surface area contributed by atoms with Crippen LogP contribution in [-0.2, 0) is 16.1 Å². The van der Waals surface area contributed by atoms with Crippen LogP contribution in [0.4, 0.5) is 11.4 Å². The van der Waals surface area contributed by atoms with Gasteiger partial charge in [-0.2, -0.15) is 0 Å². The fourth-order valence-corrected chi connectivity index (χ4v) is 2.62. The highest BCUT2D eigenvalue weighted by molar-refractivity contribution is 6.05. The summed E-state index contributed by atoms with van der Waals surface area (Å²) in [5.74, 6) is 0.738. The van der Waals surface area contributed by atoms with Gasteiger partial charge in [0.2, 0.25) is 5.91 Å². The van der Waals surface area contributed by atoms with E-state index < -0.39 is 0 Å². The fraction of sp³-hybridized carbons (Fsp3) is 0.364. The van der Waals surface area contributed by atoms with Crippen molar-refractivity contribution >= 4 is 23.2 Å². The quantitative estimate of drug-likeness (QED) is 0.669. The molecule has 0 aliphatic carbocycles. The summed E-state index contributed by atoms with van der Waals surface area (Å²) in [6.07, 6.45) is 0. The molecule has 2 rings (SSSR count). The minimum absolute atomic E-state index is 0.166. The number of nitrogens with one attached hydrogen (secondary N) is 2. The van der Waals surface area contributed by atoms with E-state index in [9.17, 15) is 9.59 Å². The average molecular weight is 384 g/mol. The molecular weight excluding hydrogens is 356 g/mol. The van der Waals surface area contributed by atoms with Gasteiger partial charge in [-0.05, 0) is 49.2 Å². The standard InChI is InChI=1S/C22H28N2O4/c1-5-28-21-10-9-17(11-18(21)14-27-13-15(2)3)22(26)24-20-8-6-7-19(12-20)23-16(4)25/h6-12,15H,5,13-14H2,1-4H3,(H,23,25)(H,24,26). The summed E-state index contributed by atoms with van der Waals surface area (Å²) in [4.78, 5) is 23.9. The second kappa shape index (κ2) is 10.5. The number of hydrogen-bond donors (Lipinski definition) is 2. The zero-order valence-corrected chi connectivity index (χ0v) is 16.9. The minimum atomic E-state index is -0.242. The van der Waals surface area contributed by atoms with Gasteiger partial charge in [0.05, 0.1) is 13.2 Å². The third-order valence-corrected chi connectivity index (χ3v) is 3.77. The highest BCUT2D eigenvalue weighted by Gasteiger charge is 2.12. The third kappa shape index (κ3) is 6.70. The topological polar surface area (TPSA) is 76.7 Å². The number of carbonyl (C=O) groups excluding carboxylic acids is 2. The molecule has 0 saturated heterocycles. The molecule has 28 heavy (non-hydrogen) atoms. The number of amides is 2. The van der Waals surface area contributed by atoms with Crippen LogP contribution >= 0.6 is 0 Å². The van der Waals surface area contributed by atoms with E-state index in [1.807, 2.05) is 6.92 Å². The second-order valence-electron chi connectivity index (χ2n) is 6.88. The number of ether oxygens (including phenoxy) is 2. The molecule has 0 spiro atoms. The van der Waals surface area contributed by atoms with E-state index in [0.717, 1.165) is 11.3 Å². The van der Waals surface area contributed by atoms with Crippen LogP contribution < -0.4 is 15.4 Å². The zero-order chi connectivity index (χ0) is 20.5. The summed E-state index contributed by atoms with van der Waals surface area (Å²) >= 11 is 0. The van der Waals surface area contributed by atoms with Gasteiger partial charge in [-0.3, -0.25) is 9.59 Å². The number of rotatable bonds is 9. The fourth-order valence-electron chi connectivity index (χ4n) is 2.62. The lowest BCUT2D eigenvalue weighted by Gasteiger charge is -2.14. The van der Waals surface area contributed by atoms with E-state index in [1.165, 1.54) is 6.92 Å². The Bertz CT molecular complexity index is 818. The highest BCUT2D eigenvalue weighted by atomic mass is 16.5. The maximum Gasteiger partial charge on any atom is 0.255 e. The van der Waals surface area contributed by atoms with Crippen molar-refractivity contribution in [3.63, 3.8) is 0 Å². The first-order chi connectivity index (χ1) is 13.4. The second-order valence-corrected chi connectivity index (χ2v) is 6.88. The molecule has 2 amide bonds. The Labute approximate surface area is 166 Å². The van der Waals surface area contributed by atoms with Crippen LogP contribution in [0.5, 0.6) is 5.75 Å². The monoisotopic (exact) mass is 384 g/mol. The van der Waals surface area contributed by atoms with Crippen molar-refractivity contribution in [2.45, 2.75) is 34.3 Å². The van der Waals surface area contributed by atoms with Crippen molar-refractivity contribution in [3.8, 4) is 5.75 Å². The summed E-state index contributed by atoms with van der Waals surface area (Å²) in [6, 6.07) is 12.3. The Morgan fingerprint density at radius 1 is 1.04 bits per heavy atom. The molecule has 0 unspecified atom stereocenters. The van der Waals surface area contributed by atoms with Crippen molar-refractivity contribution < 1.29 is 19.1 Å². The van der Waals surface area contributed by atoms with Gasteiger partial charge in [0.15, 0.2) is 0 Å². The van der Waals surface area contributed by atoms with Gasteiger partial charge in [-0.1, -0.05) is 19.9 Å². The van der Waals surface area contributed by atoms with E-state index in [4.69, 9.17) is 9.47 Å². The van der Waals surface area contributed by atoms with Gasteiger partial charge >= 0.3 is 0 Å². The summed E-state index contributed by atoms with van der Waals surface area (Å²) in [6.45, 7) is 9.09. The molecule has 6 heteroatoms. The molecule has 0 atom stereocenters. The summed E-state index contributed by atoms with van der Waals surface area (Å²) < 4.78 is 11.4. The average Bonchev–Trinajstić information content (AvgIpc) is 2.62. The smallest absolute Gasteiger partial charge is 0.255 e. The Hall–Kier alpha value is -2.86. The van der Waals surface area contributed by atoms with Crippen LogP contribution in [0.25, 0.3) is 0 Å². The van der Waals surface area contributed by atoms with Crippen LogP contribution in [0.1, 0.15) is 43.6 Å². The summed E-state index contributed by atoms with van der Waals surface area (Å²) in [7, 11) is 0. The highest BCUT2D eigenvalue weighted by Crippen LogP contribution is 2.23. The lowest BCUT2D eigenvalue weighted by atomic mass is 10.1. The molecule has 150 valence electrons. The minimum Gasteiger partial charge on any atom is -0.494 e. The molecule has 0 aliphatic heterocycles. The van der Waals surface area contributed by atoms with Crippen LogP contribution in [-0.4, -0.2) is 25.0 Å². The molecule has 0 saturated carbocycles. The largest absolute Gasteiger partial charge is 0.494 e. The van der Waals surface area contributed by atoms with E-state index >= 15 is 0 Å². The molecule has 0 fully saturated rings. The molecule has 2 N–H and O–H groups in total. The first-order valence-electron chi connectivity index (χ1n) is 9.41. The van der Waals surface area contributed by atoms with Gasteiger partial charge in [0.25, 0.3) is 5.91 Å². The van der Waals surface area contributed by atoms with E-state index in [2.05, 4.69) is 24.5 Å². The van der Waals surface area contributed by atoms with Crippen molar-refractivity contribution in [1.82, 2.24) is 0 Å². The number of anilines is 2. The zero-order valence-electron chi connectivity index (χ0n) is 16.9. The first-order valence-corrected chi connectivity index (χ1v) is 9.41. The van der Waals surface area contributed by atoms with Gasteiger partial charge < -0.3 is 20.1 Å². The molecule has 6 nitrogen and oxygen atoms in total. The van der Waals surface area contributed by atoms with Crippen molar-refractivity contribution in [3.05, 3.63) is 53.6 Å². The van der Waals surface area contributed by atoms with E-state index in [1.54, 1.807) is 42.5 Å². The molecule has 0 heterocycles. The molecule has 0 bridgehead atoms. The van der Waals surface area contributed by atoms with Gasteiger partial charge in [-0.15, -0.1) is 0 Å². The SMILES string of the molecule is CCOc1ccc(C(=O)Nc2cccc(NC(C)=O)c2)cc1COCC(C)C. The number of benzene rings is 2. The van der Waals surface area contributed by atoms with E-state index in [0.29, 0.717) is 42.7 Å². The predicted molar refractivity (Wildman–Crippen MR) is 111 cm³/mol. The molecule has 0 aliphatic rings. The van der Waals surface area contributed by atoms with Gasteiger partial charge in [0, 0.05) is 36.0 Å². The normalized spacial score (nSPS) is 10.6. The van der Waals surface area contributed by atoms with Crippen molar-refractivity contribution in [2.24, 2.45) is 5.92 Å². The number of carbonyl (C=O) groups is 2. The predicted octanol–water partition coefficient (Wildman–Crippen LogP) is 4.47. The third-order valence-electron chi connectivity index (χ3n) is 3.77. The molecule has 0 radical (unpaired) electrons. The lowest BCUT2D eigenvalue weighted by Crippen LogP contribution is -2.13. The molecule has 2 aromatic carbocycles. The van der Waals surface area contributed by atoms with Gasteiger partial charge in [-0.25, -0.2) is 0 Å². The van der Waals surface area contributed by atoms with Gasteiger partial charge in [0.1, 0.15) is 5.75 Å². The van der Waals surface area contributed by atoms with Crippen molar-refractivity contribution in [1.29, 1.82) is 0 Å². The summed E-state index contributed by atoms with van der Waals surface area (Å²) in [5.41, 5.74) is 2.57. The Morgan fingerprint density at radius 3 is 2.39 bits per heavy atom. The first kappa shape index (κ1) is 21.4. The Morgan fingerprint density at radius 2 is 1.75 bits per heavy atom. The Kier molecular flexibility index (Phi) is 8.02. The molecule has 0 aromatic heterocycles. The summed E-state index contributed by atoms with van der Waals surface area (Å²) in [5, 5.41) is 5.55.